The quantitative estimate of drug-likeness (QED) is 0.711. The summed E-state index contributed by atoms with van der Waals surface area (Å²) in [7, 11) is 0. The molecule has 0 aliphatic rings. The highest BCUT2D eigenvalue weighted by Gasteiger charge is 2.12. The van der Waals surface area contributed by atoms with Gasteiger partial charge in [0.2, 0.25) is 0 Å². The zero-order valence-corrected chi connectivity index (χ0v) is 13.1. The molecule has 0 bridgehead atoms. The molecule has 5 heteroatoms. The Morgan fingerprint density at radius 3 is 2.29 bits per heavy atom. The van der Waals surface area contributed by atoms with Gasteiger partial charge in [0.05, 0.1) is 12.2 Å². The average molecular weight is 287 g/mol. The van der Waals surface area contributed by atoms with Gasteiger partial charge in [0.25, 0.3) is 0 Å². The van der Waals surface area contributed by atoms with Gasteiger partial charge in [-0.1, -0.05) is 44.9 Å². The molecule has 0 aliphatic heterocycles. The molecule has 0 aliphatic carbocycles. The predicted molar refractivity (Wildman–Crippen MR) is 84.2 cm³/mol. The Morgan fingerprint density at radius 1 is 1.00 bits per heavy atom. The lowest BCUT2D eigenvalue weighted by molar-refractivity contribution is 0.249. The van der Waals surface area contributed by atoms with Crippen molar-refractivity contribution in [2.45, 2.75) is 46.1 Å². The Kier molecular flexibility index (Phi) is 6.34. The normalized spacial score (nSPS) is 11.2. The number of unbranched alkanes of at least 4 members (excludes halogenated alkanes) is 2. The van der Waals surface area contributed by atoms with Crippen LogP contribution in [0.4, 0.5) is 0 Å². The summed E-state index contributed by atoms with van der Waals surface area (Å²) in [4.78, 5) is 2.46. The molecule has 0 spiro atoms. The van der Waals surface area contributed by atoms with Crippen LogP contribution in [0.3, 0.4) is 0 Å². The Hall–Kier alpha value is -1.75. The minimum atomic E-state index is 0.807. The van der Waals surface area contributed by atoms with E-state index in [0.29, 0.717) is 0 Å². The van der Waals surface area contributed by atoms with Crippen molar-refractivity contribution in [3.63, 3.8) is 0 Å². The van der Waals surface area contributed by atoms with Crippen LogP contribution in [0.2, 0.25) is 0 Å². The van der Waals surface area contributed by atoms with E-state index in [0.717, 1.165) is 31.1 Å². The zero-order chi connectivity index (χ0) is 14.9. The van der Waals surface area contributed by atoms with Gasteiger partial charge in [-0.05, 0) is 48.5 Å². The lowest BCUT2D eigenvalue weighted by Gasteiger charge is -2.21. The van der Waals surface area contributed by atoms with E-state index in [9.17, 15) is 0 Å². The third-order valence-electron chi connectivity index (χ3n) is 3.56. The number of hydrogen-bond donors (Lipinski definition) is 0. The van der Waals surface area contributed by atoms with Gasteiger partial charge < -0.3 is 0 Å². The molecule has 0 saturated carbocycles. The maximum absolute atomic E-state index is 4.21. The third-order valence-corrected chi connectivity index (χ3v) is 3.56. The van der Waals surface area contributed by atoms with Crippen LogP contribution >= 0.6 is 0 Å². The number of rotatable bonds is 9. The van der Waals surface area contributed by atoms with Crippen molar-refractivity contribution < 1.29 is 0 Å². The second-order valence-electron chi connectivity index (χ2n) is 5.33. The van der Waals surface area contributed by atoms with Gasteiger partial charge in [-0.15, -0.1) is 5.10 Å². The number of tetrazole rings is 1. The largest absolute Gasteiger partial charge is 0.296 e. The lowest BCUT2D eigenvalue weighted by atomic mass is 10.2. The van der Waals surface area contributed by atoms with E-state index < -0.39 is 0 Å². The van der Waals surface area contributed by atoms with Gasteiger partial charge in [-0.2, -0.15) is 4.68 Å². The second kappa shape index (κ2) is 8.52. The van der Waals surface area contributed by atoms with Crippen LogP contribution in [-0.2, 0) is 6.54 Å². The first-order chi connectivity index (χ1) is 10.3. The number of hydrogen-bond acceptors (Lipinski definition) is 4. The van der Waals surface area contributed by atoms with Crippen molar-refractivity contribution in [3.05, 3.63) is 36.2 Å². The van der Waals surface area contributed by atoms with Crippen molar-refractivity contribution in [2.24, 2.45) is 0 Å². The van der Waals surface area contributed by atoms with E-state index >= 15 is 0 Å². The molecule has 0 atom stereocenters. The SMILES string of the molecule is CCCCN(CCCC)Cc1nnnn1-c1ccccc1. The maximum Gasteiger partial charge on any atom is 0.170 e. The van der Waals surface area contributed by atoms with Crippen LogP contribution in [0.15, 0.2) is 30.3 Å². The van der Waals surface area contributed by atoms with Crippen molar-refractivity contribution in [3.8, 4) is 5.69 Å². The summed E-state index contributed by atoms with van der Waals surface area (Å²) in [6.07, 6.45) is 4.87. The molecule has 1 aromatic carbocycles. The molecule has 5 nitrogen and oxygen atoms in total. The first kappa shape index (κ1) is 15.6. The Labute approximate surface area is 127 Å². The van der Waals surface area contributed by atoms with Gasteiger partial charge >= 0.3 is 0 Å². The molecule has 1 aromatic heterocycles. The first-order valence-electron chi connectivity index (χ1n) is 7.90. The van der Waals surface area contributed by atoms with Gasteiger partial charge in [0.1, 0.15) is 0 Å². The van der Waals surface area contributed by atoms with Crippen molar-refractivity contribution >= 4 is 0 Å². The fourth-order valence-corrected chi connectivity index (χ4v) is 2.31. The summed E-state index contributed by atoms with van der Waals surface area (Å²) in [5.74, 6) is 0.911. The Morgan fingerprint density at radius 2 is 1.67 bits per heavy atom. The van der Waals surface area contributed by atoms with Crippen molar-refractivity contribution in [1.29, 1.82) is 0 Å². The van der Waals surface area contributed by atoms with E-state index in [1.54, 1.807) is 0 Å². The van der Waals surface area contributed by atoms with Gasteiger partial charge in [-0.3, -0.25) is 4.90 Å². The first-order valence-corrected chi connectivity index (χ1v) is 7.90. The summed E-state index contributed by atoms with van der Waals surface area (Å²) < 4.78 is 1.84. The van der Waals surface area contributed by atoms with E-state index in [4.69, 9.17) is 0 Å². The number of para-hydroxylation sites is 1. The van der Waals surface area contributed by atoms with Crippen molar-refractivity contribution in [1.82, 2.24) is 25.1 Å². The number of nitrogens with zero attached hydrogens (tertiary/aromatic N) is 5. The summed E-state index contributed by atoms with van der Waals surface area (Å²) in [5, 5.41) is 12.2. The zero-order valence-electron chi connectivity index (χ0n) is 13.1. The van der Waals surface area contributed by atoms with Gasteiger partial charge in [0.15, 0.2) is 5.82 Å². The molecule has 0 amide bonds. The molecule has 0 unspecified atom stereocenters. The highest BCUT2D eigenvalue weighted by Crippen LogP contribution is 2.10. The highest BCUT2D eigenvalue weighted by molar-refractivity contribution is 5.30. The summed E-state index contributed by atoms with van der Waals surface area (Å²) in [6.45, 7) is 7.48. The van der Waals surface area contributed by atoms with Crippen LogP contribution in [0, 0.1) is 0 Å². The fraction of sp³-hybridized carbons (Fsp3) is 0.562. The van der Waals surface area contributed by atoms with Crippen LogP contribution in [-0.4, -0.2) is 38.2 Å². The number of benzene rings is 1. The molecule has 114 valence electrons. The molecule has 0 fully saturated rings. The van der Waals surface area contributed by atoms with Gasteiger partial charge in [0, 0.05) is 0 Å². The van der Waals surface area contributed by atoms with E-state index in [2.05, 4.69) is 34.3 Å². The second-order valence-corrected chi connectivity index (χ2v) is 5.33. The minimum Gasteiger partial charge on any atom is -0.296 e. The summed E-state index contributed by atoms with van der Waals surface area (Å²) >= 11 is 0. The Balaban J connectivity index is 2.08. The van der Waals surface area contributed by atoms with Crippen LogP contribution < -0.4 is 0 Å². The summed E-state index contributed by atoms with van der Waals surface area (Å²) in [6, 6.07) is 10.1. The third kappa shape index (κ3) is 4.63. The molecule has 0 radical (unpaired) electrons. The molecule has 1 heterocycles. The molecule has 2 rings (SSSR count). The monoisotopic (exact) mass is 287 g/mol. The standard InChI is InChI=1S/C16H25N5/c1-3-5-12-20(13-6-4-2)14-16-17-18-19-21(16)15-10-8-7-9-11-15/h7-11H,3-6,12-14H2,1-2H3. The molecule has 21 heavy (non-hydrogen) atoms. The fourth-order valence-electron chi connectivity index (χ4n) is 2.31. The van der Waals surface area contributed by atoms with E-state index in [-0.39, 0.29) is 0 Å². The van der Waals surface area contributed by atoms with E-state index in [1.165, 1.54) is 25.7 Å². The smallest absolute Gasteiger partial charge is 0.170 e. The maximum atomic E-state index is 4.21. The lowest BCUT2D eigenvalue weighted by Crippen LogP contribution is -2.27. The Bertz CT molecular complexity index is 500. The molecular weight excluding hydrogens is 262 g/mol. The average Bonchev–Trinajstić information content (AvgIpc) is 2.99. The minimum absolute atomic E-state index is 0.807. The van der Waals surface area contributed by atoms with Crippen molar-refractivity contribution in [2.75, 3.05) is 13.1 Å². The molecular formula is C16H25N5. The highest BCUT2D eigenvalue weighted by atomic mass is 15.5. The van der Waals surface area contributed by atoms with Crippen LogP contribution in [0.5, 0.6) is 0 Å². The van der Waals surface area contributed by atoms with Crippen LogP contribution in [0.25, 0.3) is 5.69 Å². The topological polar surface area (TPSA) is 46.8 Å². The predicted octanol–water partition coefficient (Wildman–Crippen LogP) is 3.06. The number of aromatic nitrogens is 4. The molecule has 0 N–H and O–H groups in total. The molecule has 0 saturated heterocycles. The molecule has 2 aromatic rings. The van der Waals surface area contributed by atoms with Gasteiger partial charge in [-0.25, -0.2) is 0 Å². The summed E-state index contributed by atoms with van der Waals surface area (Å²) in [5.41, 5.74) is 1.02. The van der Waals surface area contributed by atoms with Crippen LogP contribution in [0.1, 0.15) is 45.4 Å². The van der Waals surface area contributed by atoms with E-state index in [1.807, 2.05) is 35.0 Å².